The van der Waals surface area contributed by atoms with Crippen LogP contribution in [0.2, 0.25) is 0 Å². The highest BCUT2D eigenvalue weighted by Gasteiger charge is 2.37. The predicted molar refractivity (Wildman–Crippen MR) is 185 cm³/mol. The first-order valence-electron chi connectivity index (χ1n) is 15.8. The average molecular weight is 600 g/mol. The normalized spacial score (nSPS) is 19.4. The number of rotatable bonds is 8. The summed E-state index contributed by atoms with van der Waals surface area (Å²) in [5.74, 6) is 1.04. The lowest BCUT2D eigenvalue weighted by atomic mass is 9.71. The Morgan fingerprint density at radius 1 is 1.21 bits per heavy atom. The quantitative estimate of drug-likeness (QED) is 0.206. The van der Waals surface area contributed by atoms with E-state index in [1.165, 1.54) is 6.42 Å². The number of fused-ring (bicyclic) bond motifs is 1. The number of aliphatic hydroxyl groups excluding tert-OH is 2. The van der Waals surface area contributed by atoms with Crippen molar-refractivity contribution in [2.24, 2.45) is 16.7 Å². The van der Waals surface area contributed by atoms with Gasteiger partial charge >= 0.3 is 0 Å². The highest BCUT2D eigenvalue weighted by atomic mass is 32.1. The zero-order valence-corrected chi connectivity index (χ0v) is 29.4. The number of nitrogens with zero attached hydrogens (tertiary/aromatic N) is 1. The number of pyridine rings is 1. The summed E-state index contributed by atoms with van der Waals surface area (Å²) in [6.45, 7) is 26.9. The molecule has 1 aliphatic heterocycles. The standard InChI is InChI=1S/C31H45NO3.C5H12.CH4S/c1-9-11-22(30(4,5)6)12-10-13-24(33)28-26(21-14-16-35-17-15-21)27-23(32-29(28)20(2)3)18-31(7,8)19-25(27)34;1-4-5(2)3;1-2/h9-12,14,20,24-25,33-34H,1,13,15-19H2,2-8H3;5H,4H2,1-3H3;2H,1H3/b12-10-,22-11+;;. The van der Waals surface area contributed by atoms with E-state index in [1.54, 1.807) is 6.26 Å². The van der Waals surface area contributed by atoms with E-state index in [1.807, 2.05) is 12.2 Å². The number of allylic oxidation sites excluding steroid dienone is 4. The molecule has 1 aromatic heterocycles. The third kappa shape index (κ3) is 11.1. The first-order chi connectivity index (χ1) is 19.6. The summed E-state index contributed by atoms with van der Waals surface area (Å²) in [5, 5.41) is 23.0. The molecule has 3 rings (SSSR count). The maximum atomic E-state index is 11.6. The molecule has 0 fully saturated rings. The molecule has 238 valence electrons. The van der Waals surface area contributed by atoms with Crippen molar-refractivity contribution in [1.29, 1.82) is 0 Å². The Bertz CT molecular complexity index is 1090. The van der Waals surface area contributed by atoms with Crippen molar-refractivity contribution in [3.8, 4) is 0 Å². The summed E-state index contributed by atoms with van der Waals surface area (Å²) in [7, 11) is 0. The third-order valence-electron chi connectivity index (χ3n) is 7.91. The van der Waals surface area contributed by atoms with Crippen molar-refractivity contribution in [2.45, 2.75) is 119 Å². The molecule has 2 aliphatic rings. The van der Waals surface area contributed by atoms with Crippen LogP contribution < -0.4 is 0 Å². The Morgan fingerprint density at radius 2 is 1.83 bits per heavy atom. The van der Waals surface area contributed by atoms with Crippen LogP contribution in [0, 0.1) is 16.7 Å². The van der Waals surface area contributed by atoms with Crippen molar-refractivity contribution < 1.29 is 14.9 Å². The smallest absolute Gasteiger partial charge is 0.0848 e. The summed E-state index contributed by atoms with van der Waals surface area (Å²) in [6.07, 6.45) is 14.6. The van der Waals surface area contributed by atoms with Crippen LogP contribution in [0.1, 0.15) is 141 Å². The first kappa shape index (κ1) is 38.4. The van der Waals surface area contributed by atoms with Crippen LogP contribution >= 0.6 is 12.6 Å². The van der Waals surface area contributed by atoms with Gasteiger partial charge in [-0.15, -0.1) is 0 Å². The highest BCUT2D eigenvalue weighted by molar-refractivity contribution is 7.79. The Morgan fingerprint density at radius 3 is 2.31 bits per heavy atom. The van der Waals surface area contributed by atoms with E-state index in [4.69, 9.17) is 9.72 Å². The fraction of sp³-hybridized carbons (Fsp3) is 0.649. The Kier molecular flexibility index (Phi) is 16.1. The van der Waals surface area contributed by atoms with E-state index in [0.29, 0.717) is 26.1 Å². The molecule has 0 radical (unpaired) electrons. The van der Waals surface area contributed by atoms with Gasteiger partial charge in [-0.2, -0.15) is 12.6 Å². The van der Waals surface area contributed by atoms with E-state index in [9.17, 15) is 10.2 Å². The molecule has 1 aromatic rings. The molecule has 2 atom stereocenters. The molecule has 0 bridgehead atoms. The highest BCUT2D eigenvalue weighted by Crippen LogP contribution is 2.47. The molecule has 0 saturated carbocycles. The number of aliphatic hydroxyl groups is 2. The molecule has 42 heavy (non-hydrogen) atoms. The van der Waals surface area contributed by atoms with E-state index in [0.717, 1.165) is 58.0 Å². The summed E-state index contributed by atoms with van der Waals surface area (Å²) >= 11 is 3.53. The molecule has 1 aliphatic carbocycles. The van der Waals surface area contributed by atoms with Gasteiger partial charge in [0.1, 0.15) is 0 Å². The van der Waals surface area contributed by atoms with Gasteiger partial charge in [-0.25, -0.2) is 0 Å². The molecule has 2 N–H and O–H groups in total. The maximum Gasteiger partial charge on any atom is 0.0848 e. The zero-order chi connectivity index (χ0) is 32.3. The van der Waals surface area contributed by atoms with Gasteiger partial charge in [-0.3, -0.25) is 4.98 Å². The Hall–Kier alpha value is -1.66. The van der Waals surface area contributed by atoms with E-state index in [-0.39, 0.29) is 16.7 Å². The lowest BCUT2D eigenvalue weighted by molar-refractivity contribution is 0.0967. The monoisotopic (exact) mass is 599 g/mol. The first-order valence-corrected chi connectivity index (χ1v) is 16.7. The van der Waals surface area contributed by atoms with E-state index < -0.39 is 12.2 Å². The third-order valence-corrected chi connectivity index (χ3v) is 7.91. The number of hydrogen-bond acceptors (Lipinski definition) is 5. The van der Waals surface area contributed by atoms with Gasteiger partial charge in [0.2, 0.25) is 0 Å². The van der Waals surface area contributed by atoms with E-state index in [2.05, 4.69) is 107 Å². The van der Waals surface area contributed by atoms with Crippen LogP contribution in [0.25, 0.3) is 5.57 Å². The van der Waals surface area contributed by atoms with Crippen LogP contribution in [0.4, 0.5) is 0 Å². The van der Waals surface area contributed by atoms with Gasteiger partial charge in [0.05, 0.1) is 25.4 Å². The van der Waals surface area contributed by atoms with Crippen molar-refractivity contribution in [2.75, 3.05) is 19.5 Å². The molecule has 5 heteroatoms. The Balaban J connectivity index is 0.00000114. The lowest BCUT2D eigenvalue weighted by Gasteiger charge is -2.38. The molecule has 0 amide bonds. The second kappa shape index (κ2) is 17.6. The van der Waals surface area contributed by atoms with Crippen LogP contribution in [0.5, 0.6) is 0 Å². The second-order valence-electron chi connectivity index (χ2n) is 14.0. The summed E-state index contributed by atoms with van der Waals surface area (Å²) in [6, 6.07) is 0. The summed E-state index contributed by atoms with van der Waals surface area (Å²) in [5.41, 5.74) is 7.03. The molecular formula is C37H61NO3S. The van der Waals surface area contributed by atoms with Gasteiger partial charge in [-0.05, 0) is 71.3 Å². The van der Waals surface area contributed by atoms with Crippen molar-refractivity contribution in [3.05, 3.63) is 70.6 Å². The predicted octanol–water partition coefficient (Wildman–Crippen LogP) is 9.75. The largest absolute Gasteiger partial charge is 0.388 e. The minimum Gasteiger partial charge on any atom is -0.388 e. The SMILES string of the molecule is C=C/C=C(\C=C/CC(O)c1c(C(C)C)nc2c(c1C1=CCOCC1)C(O)CC(C)(C)C2)C(C)(C)C.CCC(C)C.CS. The number of aromatic nitrogens is 1. The lowest BCUT2D eigenvalue weighted by Crippen LogP contribution is -2.30. The molecule has 0 spiro atoms. The summed E-state index contributed by atoms with van der Waals surface area (Å²) < 4.78 is 5.61. The fourth-order valence-electron chi connectivity index (χ4n) is 5.33. The Labute approximate surface area is 263 Å². The number of thiol groups is 1. The number of hydrogen-bond donors (Lipinski definition) is 3. The van der Waals surface area contributed by atoms with Gasteiger partial charge in [0.15, 0.2) is 0 Å². The minimum absolute atomic E-state index is 0.0128. The van der Waals surface area contributed by atoms with Crippen molar-refractivity contribution >= 4 is 18.2 Å². The van der Waals surface area contributed by atoms with Gasteiger partial charge in [0, 0.05) is 22.5 Å². The zero-order valence-electron chi connectivity index (χ0n) is 28.6. The molecule has 0 saturated heterocycles. The molecule has 4 nitrogen and oxygen atoms in total. The molecular weight excluding hydrogens is 538 g/mol. The fourth-order valence-corrected chi connectivity index (χ4v) is 5.33. The molecule has 0 aromatic carbocycles. The minimum atomic E-state index is -0.715. The van der Waals surface area contributed by atoms with Crippen LogP contribution in [0.3, 0.4) is 0 Å². The van der Waals surface area contributed by atoms with Crippen molar-refractivity contribution in [3.63, 3.8) is 0 Å². The van der Waals surface area contributed by atoms with Gasteiger partial charge < -0.3 is 14.9 Å². The number of ether oxygens (including phenoxy) is 1. The van der Waals surface area contributed by atoms with Crippen LogP contribution in [-0.2, 0) is 11.2 Å². The van der Waals surface area contributed by atoms with Crippen LogP contribution in [0.15, 0.2) is 42.5 Å². The van der Waals surface area contributed by atoms with Gasteiger partial charge in [-0.1, -0.05) is 113 Å². The van der Waals surface area contributed by atoms with Crippen LogP contribution in [-0.4, -0.2) is 34.7 Å². The molecule has 2 unspecified atom stereocenters. The van der Waals surface area contributed by atoms with E-state index >= 15 is 0 Å². The topological polar surface area (TPSA) is 62.6 Å². The van der Waals surface area contributed by atoms with Gasteiger partial charge in [0.25, 0.3) is 0 Å². The average Bonchev–Trinajstić information content (AvgIpc) is 2.92. The second-order valence-corrected chi connectivity index (χ2v) is 14.0. The van der Waals surface area contributed by atoms with Crippen molar-refractivity contribution in [1.82, 2.24) is 4.98 Å². The summed E-state index contributed by atoms with van der Waals surface area (Å²) in [4.78, 5) is 5.12. The maximum absolute atomic E-state index is 11.6. The molecule has 2 heterocycles.